The number of hydrogen-bond donors (Lipinski definition) is 2. The van der Waals surface area contributed by atoms with Crippen LogP contribution in [0.5, 0.6) is 11.5 Å². The van der Waals surface area contributed by atoms with Crippen molar-refractivity contribution < 1.29 is 41.3 Å². The zero-order chi connectivity index (χ0) is 28.4. The molecule has 3 aromatic rings. The summed E-state index contributed by atoms with van der Waals surface area (Å²) in [6.45, 7) is 2.75. The Morgan fingerprint density at radius 1 is 0.881 bits per heavy atom. The van der Waals surface area contributed by atoms with Crippen molar-refractivity contribution in [3.8, 4) is 11.5 Å². The zero-order valence-corrected chi connectivity index (χ0v) is 23.7. The molecule has 5 rings (SSSR count). The third-order valence-corrected chi connectivity index (χ3v) is 7.24. The highest BCUT2D eigenvalue weighted by Gasteiger charge is 2.55. The minimum atomic E-state index is -1.33. The van der Waals surface area contributed by atoms with Gasteiger partial charge in [-0.15, -0.1) is 24.8 Å². The van der Waals surface area contributed by atoms with Crippen molar-refractivity contribution in [1.29, 1.82) is 0 Å². The highest BCUT2D eigenvalue weighted by Crippen LogP contribution is 2.45. The largest absolute Gasteiger partial charge is 0.492 e. The molecule has 42 heavy (non-hydrogen) atoms. The Kier molecular flexibility index (Phi) is 11.4. The Labute approximate surface area is 251 Å². The van der Waals surface area contributed by atoms with Crippen LogP contribution >= 0.6 is 24.8 Å². The first-order valence-electron chi connectivity index (χ1n) is 12.8. The first-order chi connectivity index (χ1) is 19.2. The zero-order valence-electron chi connectivity index (χ0n) is 22.1. The van der Waals surface area contributed by atoms with E-state index < -0.39 is 41.2 Å². The summed E-state index contributed by atoms with van der Waals surface area (Å²) in [5.74, 6) is -4.74. The second kappa shape index (κ2) is 14.4. The summed E-state index contributed by atoms with van der Waals surface area (Å²) in [6, 6.07) is 11.2. The highest BCUT2D eigenvalue weighted by molar-refractivity contribution is 5.85. The topological polar surface area (TPSA) is 71.0 Å². The maximum atomic E-state index is 13.9. The Hall–Kier alpha value is -3.12. The third-order valence-electron chi connectivity index (χ3n) is 7.24. The molecule has 0 amide bonds. The number of ether oxygens (including phenoxy) is 2. The molecule has 2 fully saturated rings. The average Bonchev–Trinajstić information content (AvgIpc) is 3.34. The molecule has 13 heteroatoms. The van der Waals surface area contributed by atoms with E-state index in [0.717, 1.165) is 31.3 Å². The van der Waals surface area contributed by atoms with E-state index in [0.29, 0.717) is 54.5 Å². The van der Waals surface area contributed by atoms with Crippen molar-refractivity contribution in [3.63, 3.8) is 0 Å². The Morgan fingerprint density at radius 2 is 1.50 bits per heavy atom. The summed E-state index contributed by atoms with van der Waals surface area (Å²) < 4.78 is 78.3. The Bertz CT molecular complexity index is 1350. The van der Waals surface area contributed by atoms with Crippen LogP contribution in [0.1, 0.15) is 11.1 Å². The van der Waals surface area contributed by atoms with Gasteiger partial charge in [-0.25, -0.2) is 26.7 Å². The normalized spacial score (nSPS) is 19.7. The molecular formula is C29H29Cl2F5N2O4. The molecule has 1 aliphatic carbocycles. The summed E-state index contributed by atoms with van der Waals surface area (Å²) in [6.07, 6.45) is -1.35. The first kappa shape index (κ1) is 33.4. The molecule has 0 bridgehead atoms. The monoisotopic (exact) mass is 634 g/mol. The van der Waals surface area contributed by atoms with Gasteiger partial charge in [0.1, 0.15) is 35.6 Å². The SMILES string of the molecule is Cl.Cl.O=C(O)[C@H](Cc1ccc(OCCNC2C3CN(Cc4cc(F)c(F)cc4F)C[C@@H]32)cc1)Oc1cc(F)cc(F)c1. The third kappa shape index (κ3) is 8.25. The standard InChI is InChI=1S/C29H27F5N2O4.2ClH/c30-18-9-19(31)11-21(10-18)40-27(29(37)38)7-16-1-3-20(4-2-16)39-6-5-35-28-22-14-36(15-23(22)28)13-17-8-25(33)26(34)12-24(17)32;;/h1-4,8-12,22-23,27-28,35H,5-7,13-15H2,(H,37,38);2*1H/t22-,23?,27-,28?;;/m0../s1. The molecule has 1 saturated heterocycles. The molecule has 1 aliphatic heterocycles. The van der Waals surface area contributed by atoms with Gasteiger partial charge in [0, 0.05) is 68.5 Å². The van der Waals surface area contributed by atoms with Crippen LogP contribution in [0.25, 0.3) is 0 Å². The van der Waals surface area contributed by atoms with E-state index in [1.165, 1.54) is 0 Å². The van der Waals surface area contributed by atoms with E-state index in [1.807, 2.05) is 4.90 Å². The van der Waals surface area contributed by atoms with Crippen LogP contribution in [0, 0.1) is 40.9 Å². The lowest BCUT2D eigenvalue weighted by atomic mass is 10.1. The van der Waals surface area contributed by atoms with Crippen LogP contribution in [-0.2, 0) is 17.8 Å². The maximum absolute atomic E-state index is 13.9. The summed E-state index contributed by atoms with van der Waals surface area (Å²) in [4.78, 5) is 13.6. The van der Waals surface area contributed by atoms with Gasteiger partial charge in [-0.2, -0.15) is 0 Å². The number of halogens is 7. The van der Waals surface area contributed by atoms with Gasteiger partial charge in [-0.05, 0) is 35.6 Å². The van der Waals surface area contributed by atoms with Crippen LogP contribution in [0.4, 0.5) is 22.0 Å². The van der Waals surface area contributed by atoms with Gasteiger partial charge >= 0.3 is 5.97 Å². The van der Waals surface area contributed by atoms with E-state index in [2.05, 4.69) is 5.32 Å². The van der Waals surface area contributed by atoms with Crippen LogP contribution in [0.3, 0.4) is 0 Å². The second-order valence-electron chi connectivity index (χ2n) is 10.1. The van der Waals surface area contributed by atoms with Crippen molar-refractivity contribution in [2.75, 3.05) is 26.2 Å². The summed E-state index contributed by atoms with van der Waals surface area (Å²) in [5.41, 5.74) is 0.797. The van der Waals surface area contributed by atoms with E-state index in [-0.39, 0.29) is 49.1 Å². The molecule has 2 N–H and O–H groups in total. The number of likely N-dealkylation sites (tertiary alicyclic amines) is 1. The van der Waals surface area contributed by atoms with E-state index in [1.54, 1.807) is 24.3 Å². The van der Waals surface area contributed by atoms with Gasteiger partial charge in [-0.1, -0.05) is 12.1 Å². The minimum Gasteiger partial charge on any atom is -0.492 e. The molecule has 0 spiro atoms. The molecule has 1 saturated carbocycles. The van der Waals surface area contributed by atoms with Gasteiger partial charge in [0.25, 0.3) is 0 Å². The number of aliphatic carboxylic acids is 1. The van der Waals surface area contributed by atoms with Crippen molar-refractivity contribution in [2.45, 2.75) is 25.1 Å². The number of rotatable bonds is 12. The van der Waals surface area contributed by atoms with Crippen LogP contribution < -0.4 is 14.8 Å². The molecule has 2 aliphatic rings. The number of nitrogens with zero attached hydrogens (tertiary/aromatic N) is 1. The predicted octanol–water partition coefficient (Wildman–Crippen LogP) is 5.40. The molecule has 3 aromatic carbocycles. The lowest BCUT2D eigenvalue weighted by Gasteiger charge is -2.20. The molecule has 2 unspecified atom stereocenters. The van der Waals surface area contributed by atoms with Gasteiger partial charge in [0.15, 0.2) is 17.7 Å². The fourth-order valence-corrected chi connectivity index (χ4v) is 5.24. The minimum absolute atomic E-state index is 0. The van der Waals surface area contributed by atoms with Crippen LogP contribution in [0.15, 0.2) is 54.6 Å². The fraction of sp³-hybridized carbons (Fsp3) is 0.345. The van der Waals surface area contributed by atoms with E-state index in [9.17, 15) is 31.9 Å². The molecule has 228 valence electrons. The molecule has 0 radical (unpaired) electrons. The van der Waals surface area contributed by atoms with Crippen LogP contribution in [0.2, 0.25) is 0 Å². The van der Waals surface area contributed by atoms with E-state index in [4.69, 9.17) is 9.47 Å². The number of fused-ring (bicyclic) bond motifs is 1. The Balaban J connectivity index is 0.00000242. The van der Waals surface area contributed by atoms with Crippen molar-refractivity contribution in [3.05, 3.63) is 94.8 Å². The molecular weight excluding hydrogens is 606 g/mol. The fourth-order valence-electron chi connectivity index (χ4n) is 5.24. The Morgan fingerprint density at radius 3 is 2.12 bits per heavy atom. The number of carboxylic acids is 1. The maximum Gasteiger partial charge on any atom is 0.345 e. The number of nitrogens with one attached hydrogen (secondary N) is 1. The predicted molar refractivity (Wildman–Crippen MR) is 149 cm³/mol. The van der Waals surface area contributed by atoms with Gasteiger partial charge in [-0.3, -0.25) is 4.90 Å². The van der Waals surface area contributed by atoms with E-state index >= 15 is 0 Å². The molecule has 6 nitrogen and oxygen atoms in total. The molecule has 0 aromatic heterocycles. The molecule has 1 heterocycles. The van der Waals surface area contributed by atoms with Gasteiger partial charge in [0.2, 0.25) is 0 Å². The average molecular weight is 635 g/mol. The number of benzene rings is 3. The van der Waals surface area contributed by atoms with Gasteiger partial charge < -0.3 is 19.9 Å². The number of carbonyl (C=O) groups is 1. The van der Waals surface area contributed by atoms with Crippen molar-refractivity contribution in [1.82, 2.24) is 10.2 Å². The van der Waals surface area contributed by atoms with Crippen molar-refractivity contribution in [2.24, 2.45) is 11.8 Å². The number of carboxylic acid groups (broad SMARTS) is 1. The summed E-state index contributed by atoms with van der Waals surface area (Å²) in [7, 11) is 0. The lowest BCUT2D eigenvalue weighted by molar-refractivity contribution is -0.145. The van der Waals surface area contributed by atoms with Gasteiger partial charge in [0.05, 0.1) is 0 Å². The first-order valence-corrected chi connectivity index (χ1v) is 12.8. The lowest BCUT2D eigenvalue weighted by Crippen LogP contribution is -2.33. The molecule has 4 atom stereocenters. The highest BCUT2D eigenvalue weighted by atomic mass is 35.5. The van der Waals surface area contributed by atoms with Crippen molar-refractivity contribution >= 4 is 30.8 Å². The number of hydrogen-bond acceptors (Lipinski definition) is 5. The summed E-state index contributed by atoms with van der Waals surface area (Å²) in [5, 5.41) is 12.9. The summed E-state index contributed by atoms with van der Waals surface area (Å²) >= 11 is 0. The second-order valence-corrected chi connectivity index (χ2v) is 10.1. The quantitative estimate of drug-likeness (QED) is 0.158. The number of piperidine rings is 1. The smallest absolute Gasteiger partial charge is 0.345 e. The van der Waals surface area contributed by atoms with Crippen LogP contribution in [-0.4, -0.2) is 54.4 Å².